The predicted octanol–water partition coefficient (Wildman–Crippen LogP) is 4.09. The molecule has 3 fully saturated rings. The lowest BCUT2D eigenvalue weighted by molar-refractivity contribution is -0.131. The van der Waals surface area contributed by atoms with Crippen LogP contribution in [0.4, 0.5) is 0 Å². The number of ether oxygens (including phenoxy) is 1. The largest absolute Gasteiger partial charge is 0.381 e. The molecule has 0 aromatic heterocycles. The fraction of sp³-hybridized carbons (Fsp3) is 0.600. The van der Waals surface area contributed by atoms with E-state index in [9.17, 15) is 4.79 Å². The lowest BCUT2D eigenvalue weighted by atomic mass is 9.61. The molecule has 1 aromatic rings. The molecule has 1 saturated heterocycles. The van der Waals surface area contributed by atoms with Gasteiger partial charge in [-0.15, -0.1) is 0 Å². The minimum Gasteiger partial charge on any atom is -0.381 e. The number of hydrogen-bond donors (Lipinski definition) is 2. The second kappa shape index (κ2) is 7.04. The fourth-order valence-corrected chi connectivity index (χ4v) is 6.04. The third-order valence-electron chi connectivity index (χ3n) is 7.84. The number of fused-ring (bicyclic) bond motifs is 3. The van der Waals surface area contributed by atoms with Crippen LogP contribution in [0, 0.1) is 11.3 Å². The van der Waals surface area contributed by atoms with Crippen LogP contribution < -0.4 is 10.6 Å². The summed E-state index contributed by atoms with van der Waals surface area (Å²) in [4.78, 5) is 13.6. The molecule has 1 aromatic carbocycles. The van der Waals surface area contributed by atoms with Gasteiger partial charge in [-0.2, -0.15) is 0 Å². The zero-order valence-electron chi connectivity index (χ0n) is 17.6. The Morgan fingerprint density at radius 2 is 2.03 bits per heavy atom. The van der Waals surface area contributed by atoms with E-state index in [0.29, 0.717) is 11.9 Å². The zero-order chi connectivity index (χ0) is 20.1. The van der Waals surface area contributed by atoms with E-state index < -0.39 is 5.54 Å². The molecule has 154 valence electrons. The maximum absolute atomic E-state index is 13.6. The average Bonchev–Trinajstić information content (AvgIpc) is 3.45. The van der Waals surface area contributed by atoms with E-state index >= 15 is 0 Å². The molecule has 4 nitrogen and oxygen atoms in total. The van der Waals surface area contributed by atoms with Gasteiger partial charge in [0.15, 0.2) is 11.4 Å². The summed E-state index contributed by atoms with van der Waals surface area (Å²) in [6.07, 6.45) is 12.3. The predicted molar refractivity (Wildman–Crippen MR) is 113 cm³/mol. The van der Waals surface area contributed by atoms with Crippen molar-refractivity contribution in [3.63, 3.8) is 0 Å². The summed E-state index contributed by atoms with van der Waals surface area (Å²) >= 11 is 0. The van der Waals surface area contributed by atoms with Gasteiger partial charge in [-0.05, 0) is 80.6 Å². The monoisotopic (exact) mass is 392 g/mol. The van der Waals surface area contributed by atoms with Gasteiger partial charge < -0.3 is 15.4 Å². The zero-order valence-corrected chi connectivity index (χ0v) is 17.6. The van der Waals surface area contributed by atoms with Crippen molar-refractivity contribution in [3.05, 3.63) is 52.5 Å². The fourth-order valence-electron chi connectivity index (χ4n) is 6.04. The standard InChI is InChI=1S/C25H32N2O2/c1-3-4-22-26-23(28)25(27-22)21-15-18(8-7-17-5-6-17)9-10-19(21)16-24(25)13-11-20(29-2)12-14-24/h3,9-10,15,17,20,27H,5-8,11-14,16H2,1-2H3,(H,26,28). The summed E-state index contributed by atoms with van der Waals surface area (Å²) in [6, 6.07) is 6.92. The highest BCUT2D eigenvalue weighted by molar-refractivity contribution is 5.94. The molecular weight excluding hydrogens is 360 g/mol. The van der Waals surface area contributed by atoms with Crippen LogP contribution in [-0.2, 0) is 27.9 Å². The second-order valence-electron chi connectivity index (χ2n) is 9.50. The van der Waals surface area contributed by atoms with Crippen LogP contribution >= 0.6 is 0 Å². The summed E-state index contributed by atoms with van der Waals surface area (Å²) in [7, 11) is 1.81. The van der Waals surface area contributed by atoms with E-state index in [4.69, 9.17) is 4.74 Å². The molecule has 1 aliphatic heterocycles. The molecular formula is C25H32N2O2. The molecule has 0 radical (unpaired) electrons. The number of allylic oxidation sites excluding steroid dienone is 1. The second-order valence-corrected chi connectivity index (χ2v) is 9.50. The Balaban J connectivity index is 1.56. The summed E-state index contributed by atoms with van der Waals surface area (Å²) < 4.78 is 5.64. The number of carbonyl (C=O) groups excluding carboxylic acids is 1. The first kappa shape index (κ1) is 19.0. The molecule has 2 spiro atoms. The summed E-state index contributed by atoms with van der Waals surface area (Å²) in [5, 5.41) is 6.74. The normalized spacial score (nSPS) is 32.8. The Morgan fingerprint density at radius 1 is 1.24 bits per heavy atom. The van der Waals surface area contributed by atoms with E-state index in [1.165, 1.54) is 36.0 Å². The number of aryl methyl sites for hydroxylation is 1. The number of benzene rings is 1. The van der Waals surface area contributed by atoms with Crippen LogP contribution in [0.25, 0.3) is 0 Å². The van der Waals surface area contributed by atoms with Crippen molar-refractivity contribution in [1.29, 1.82) is 0 Å². The van der Waals surface area contributed by atoms with Crippen molar-refractivity contribution in [2.45, 2.75) is 76.4 Å². The minimum atomic E-state index is -0.679. The minimum absolute atomic E-state index is 0.0933. The van der Waals surface area contributed by atoms with Crippen molar-refractivity contribution in [3.8, 4) is 0 Å². The maximum Gasteiger partial charge on any atom is 0.256 e. The molecule has 4 heteroatoms. The highest BCUT2D eigenvalue weighted by atomic mass is 16.5. The number of rotatable bonds is 4. The van der Waals surface area contributed by atoms with E-state index in [1.54, 1.807) is 7.11 Å². The van der Waals surface area contributed by atoms with Gasteiger partial charge in [-0.3, -0.25) is 4.79 Å². The van der Waals surface area contributed by atoms with Crippen LogP contribution in [0.1, 0.15) is 68.6 Å². The molecule has 1 amide bonds. The highest BCUT2D eigenvalue weighted by Crippen LogP contribution is 2.59. The van der Waals surface area contributed by atoms with E-state index in [-0.39, 0.29) is 11.3 Å². The van der Waals surface area contributed by atoms with Gasteiger partial charge in [0, 0.05) is 12.5 Å². The number of methoxy groups -OCH3 is 1. The van der Waals surface area contributed by atoms with E-state index in [2.05, 4.69) is 34.6 Å². The first-order valence-electron chi connectivity index (χ1n) is 11.3. The van der Waals surface area contributed by atoms with Gasteiger partial charge in [0.2, 0.25) is 0 Å². The van der Waals surface area contributed by atoms with Gasteiger partial charge in [-0.1, -0.05) is 36.8 Å². The van der Waals surface area contributed by atoms with Gasteiger partial charge in [-0.25, -0.2) is 0 Å². The van der Waals surface area contributed by atoms with Crippen LogP contribution in [0.3, 0.4) is 0 Å². The summed E-state index contributed by atoms with van der Waals surface area (Å²) in [5.41, 5.74) is 6.32. The Morgan fingerprint density at radius 3 is 2.72 bits per heavy atom. The van der Waals surface area contributed by atoms with Gasteiger partial charge in [0.05, 0.1) is 6.10 Å². The van der Waals surface area contributed by atoms with Crippen LogP contribution in [0.2, 0.25) is 0 Å². The molecule has 0 bridgehead atoms. The Kier molecular flexibility index (Phi) is 4.60. The van der Waals surface area contributed by atoms with Crippen molar-refractivity contribution < 1.29 is 9.53 Å². The number of hydrogen-bond acceptors (Lipinski definition) is 3. The average molecular weight is 393 g/mol. The lowest BCUT2D eigenvalue weighted by Gasteiger charge is -2.46. The summed E-state index contributed by atoms with van der Waals surface area (Å²) in [5.74, 6) is 1.72. The number of nitrogens with one attached hydrogen (secondary N) is 2. The molecule has 3 aliphatic carbocycles. The lowest BCUT2D eigenvalue weighted by Crippen LogP contribution is -2.56. The first-order chi connectivity index (χ1) is 14.1. The quantitative estimate of drug-likeness (QED) is 0.759. The third kappa shape index (κ3) is 2.96. The Labute approximate surface area is 173 Å². The molecule has 29 heavy (non-hydrogen) atoms. The van der Waals surface area contributed by atoms with Gasteiger partial charge in [0.1, 0.15) is 0 Å². The van der Waals surface area contributed by atoms with E-state index in [1.807, 2.05) is 13.0 Å². The van der Waals surface area contributed by atoms with Crippen molar-refractivity contribution in [2.75, 3.05) is 7.11 Å². The topological polar surface area (TPSA) is 50.4 Å². The molecule has 1 unspecified atom stereocenters. The SMILES string of the molecule is CC=C=C1NC(=O)C2(N1)c1cc(CCC3CC3)ccc1CC21CCC(OC)CC1. The molecule has 1 heterocycles. The molecule has 5 rings (SSSR count). The van der Waals surface area contributed by atoms with Crippen molar-refractivity contribution >= 4 is 5.91 Å². The number of amides is 1. The van der Waals surface area contributed by atoms with Gasteiger partial charge in [0.25, 0.3) is 5.91 Å². The highest BCUT2D eigenvalue weighted by Gasteiger charge is 2.65. The van der Waals surface area contributed by atoms with Crippen molar-refractivity contribution in [1.82, 2.24) is 10.6 Å². The van der Waals surface area contributed by atoms with Crippen LogP contribution in [-0.4, -0.2) is 19.1 Å². The molecule has 2 N–H and O–H groups in total. The van der Waals surface area contributed by atoms with Crippen LogP contribution in [0.5, 0.6) is 0 Å². The summed E-state index contributed by atoms with van der Waals surface area (Å²) in [6.45, 7) is 1.93. The van der Waals surface area contributed by atoms with Crippen molar-refractivity contribution in [2.24, 2.45) is 11.3 Å². The maximum atomic E-state index is 13.6. The van der Waals surface area contributed by atoms with Gasteiger partial charge >= 0.3 is 0 Å². The smallest absolute Gasteiger partial charge is 0.256 e. The Hall–Kier alpha value is -2.03. The first-order valence-corrected chi connectivity index (χ1v) is 11.3. The van der Waals surface area contributed by atoms with Crippen LogP contribution in [0.15, 0.2) is 35.8 Å². The third-order valence-corrected chi connectivity index (χ3v) is 7.84. The van der Waals surface area contributed by atoms with E-state index in [0.717, 1.165) is 44.4 Å². The molecule has 1 atom stereocenters. The number of carbonyl (C=O) groups is 1. The molecule has 2 saturated carbocycles. The Bertz CT molecular complexity index is 886. The molecule has 4 aliphatic rings.